The molecule has 100 heavy (non-hydrogen) atoms. The van der Waals surface area contributed by atoms with Crippen molar-refractivity contribution in [3.63, 3.8) is 0 Å². The van der Waals surface area contributed by atoms with Crippen LogP contribution >= 0.6 is 0 Å². The van der Waals surface area contributed by atoms with Crippen molar-refractivity contribution in [3.05, 3.63) is 0 Å². The van der Waals surface area contributed by atoms with Crippen LogP contribution in [0.3, 0.4) is 0 Å². The lowest BCUT2D eigenvalue weighted by atomic mass is 10.0. The molecule has 0 saturated carbocycles. The Kier molecular flexibility index (Phi) is 47.5. The lowest BCUT2D eigenvalue weighted by Gasteiger charge is -2.31. The maximum atomic E-state index is 14.8. The number of nitrogens with one attached hydrogen (secondary N) is 10. The van der Waals surface area contributed by atoms with Gasteiger partial charge in [-0.25, -0.2) is 0 Å². The van der Waals surface area contributed by atoms with Crippen molar-refractivity contribution in [1.29, 1.82) is 0 Å². The fourth-order valence-electron chi connectivity index (χ4n) is 13.1. The van der Waals surface area contributed by atoms with Gasteiger partial charge in [-0.3, -0.25) is 57.5 Å². The molecule has 3 rings (SSSR count). The van der Waals surface area contributed by atoms with E-state index in [-0.39, 0.29) is 89.4 Å². The van der Waals surface area contributed by atoms with E-state index in [1.807, 2.05) is 0 Å². The van der Waals surface area contributed by atoms with Crippen LogP contribution in [0, 0.1) is 0 Å². The molecule has 12 amide bonds. The van der Waals surface area contributed by atoms with E-state index in [0.29, 0.717) is 129 Å². The highest BCUT2D eigenvalue weighted by Gasteiger charge is 2.41. The van der Waals surface area contributed by atoms with E-state index in [2.05, 4.69) is 67.0 Å². The van der Waals surface area contributed by atoms with Gasteiger partial charge in [0.1, 0.15) is 48.3 Å². The fourth-order valence-corrected chi connectivity index (χ4v) is 13.1. The van der Waals surface area contributed by atoms with Crippen LogP contribution in [0.2, 0.25) is 0 Å². The third kappa shape index (κ3) is 36.4. The summed E-state index contributed by atoms with van der Waals surface area (Å²) in [5.74, 6) is -6.89. The summed E-state index contributed by atoms with van der Waals surface area (Å²) in [6.07, 6.45) is 25.4. The van der Waals surface area contributed by atoms with Gasteiger partial charge in [-0.2, -0.15) is 0 Å². The second kappa shape index (κ2) is 54.2. The number of carbonyl (C=O) groups excluding carboxylic acids is 12. The minimum absolute atomic E-state index is 0.0668. The number of rotatable bonds is 44. The van der Waals surface area contributed by atoms with Gasteiger partial charge in [0.15, 0.2) is 0 Å². The van der Waals surface area contributed by atoms with Crippen LogP contribution in [-0.4, -0.2) is 194 Å². The molecule has 0 radical (unpaired) electrons. The average molecular weight is 1410 g/mol. The highest BCUT2D eigenvalue weighted by Crippen LogP contribution is 2.23. The topological polar surface area (TPSA) is 436 Å². The van der Waals surface area contributed by atoms with Gasteiger partial charge in [0, 0.05) is 39.0 Å². The Morgan fingerprint density at radius 3 is 0.950 bits per heavy atom. The molecule has 0 aromatic carbocycles. The Morgan fingerprint density at radius 2 is 0.630 bits per heavy atom. The van der Waals surface area contributed by atoms with Gasteiger partial charge >= 0.3 is 0 Å². The average Bonchev–Trinajstić information content (AvgIpc) is 1.61. The summed E-state index contributed by atoms with van der Waals surface area (Å²) in [6, 6.07) is -9.41. The van der Waals surface area contributed by atoms with Crippen molar-refractivity contribution in [3.8, 4) is 0 Å². The largest absolute Gasteiger partial charge is 0.356 e. The molecule has 0 aliphatic carbocycles. The summed E-state index contributed by atoms with van der Waals surface area (Å²) in [5, 5.41) is 28.1. The Bertz CT molecular complexity index is 2280. The number of unbranched alkanes of at least 4 members (excludes halogenated alkanes) is 20. The first-order chi connectivity index (χ1) is 48.4. The van der Waals surface area contributed by atoms with E-state index in [4.69, 9.17) is 22.9 Å². The standard InChI is InChI=1S/C72H132N16O12/c1-3-5-7-9-11-13-15-17-41-61(89)77-47-29-23-35-55-67(95)85-57(37-21-27-45-75)71(99)87-49-31-39-59(87)69(97)80-52-64(92)82-54(34-20-26-44-74)66(94)84-56(36-24-30-48-78-62(90)42-18-16-14-12-10-8-6-4-2)68(96)86-58(38-22-28-46-76)72(100)88-50-32-40-60(88)70(98)79-51-63(91)81-53(65(93)83-55)33-19-25-43-73/h53-60H,3-52,73-76H2,1-2H3,(H,77,89)(H,78,90)(H,79,98)(H,80,97)(H,81,91)(H,82,92)(H,83,93)(H,84,94)(H,85,95)(H,86,96)/t53-,54-,55-,56-,57-,58-,59-,60-/m0/s1. The van der Waals surface area contributed by atoms with Crippen LogP contribution in [0.25, 0.3) is 0 Å². The summed E-state index contributed by atoms with van der Waals surface area (Å²) >= 11 is 0. The van der Waals surface area contributed by atoms with Gasteiger partial charge in [0.25, 0.3) is 0 Å². The Labute approximate surface area is 596 Å². The molecule has 572 valence electrons. The number of hydrogen-bond donors (Lipinski definition) is 14. The summed E-state index contributed by atoms with van der Waals surface area (Å²) in [6.45, 7) is 5.27. The van der Waals surface area contributed by atoms with Gasteiger partial charge in [0.05, 0.1) is 13.1 Å². The smallest absolute Gasteiger partial charge is 0.245 e. The van der Waals surface area contributed by atoms with Gasteiger partial charge in [0.2, 0.25) is 70.9 Å². The molecule has 0 aromatic heterocycles. The molecular weight excluding hydrogens is 1280 g/mol. The van der Waals surface area contributed by atoms with Crippen molar-refractivity contribution < 1.29 is 57.5 Å². The Hall–Kier alpha value is -6.52. The second-order valence-corrected chi connectivity index (χ2v) is 27.6. The van der Waals surface area contributed by atoms with Crippen LogP contribution in [0.4, 0.5) is 0 Å². The molecular formula is C72H132N16O12. The fraction of sp³-hybridized carbons (Fsp3) is 0.833. The predicted molar refractivity (Wildman–Crippen MR) is 387 cm³/mol. The van der Waals surface area contributed by atoms with Crippen LogP contribution in [0.1, 0.15) is 271 Å². The van der Waals surface area contributed by atoms with Gasteiger partial charge in [-0.15, -0.1) is 0 Å². The maximum Gasteiger partial charge on any atom is 0.245 e. The molecule has 3 fully saturated rings. The van der Waals surface area contributed by atoms with Crippen LogP contribution in [-0.2, 0) is 57.5 Å². The quantitative estimate of drug-likeness (QED) is 0.0389. The van der Waals surface area contributed by atoms with Gasteiger partial charge < -0.3 is 85.9 Å². The lowest BCUT2D eigenvalue weighted by molar-refractivity contribution is -0.142. The molecule has 28 nitrogen and oxygen atoms in total. The number of carbonyl (C=O) groups is 12. The summed E-state index contributed by atoms with van der Waals surface area (Å²) in [5.41, 5.74) is 23.5. The summed E-state index contributed by atoms with van der Waals surface area (Å²) < 4.78 is 0. The van der Waals surface area contributed by atoms with Crippen LogP contribution in [0.5, 0.6) is 0 Å². The SMILES string of the molecule is CCCCCCCCCCC(=O)NCCCC[C@@H]1NC(=O)[C@H](CCCCN)NC(=O)CNC(=O)[C@@H]2CCCN2C(=O)[C@H](CCCCN)NC(=O)[C@H](CCCCNC(=O)CCCCCCCCCC)NC(=O)[C@H](CCCCN)NC(=O)CNC(=O)[C@@H]2CCCN2C(=O)[C@H](CCCCN)NC1=O. The van der Waals surface area contributed by atoms with Gasteiger partial charge in [-0.05, 0) is 180 Å². The third-order valence-corrected chi connectivity index (χ3v) is 19.1. The number of nitrogens with two attached hydrogens (primary N) is 4. The molecule has 0 aromatic rings. The molecule has 8 atom stereocenters. The first-order valence-corrected chi connectivity index (χ1v) is 38.7. The molecule has 0 spiro atoms. The molecule has 3 saturated heterocycles. The molecule has 28 heteroatoms. The number of amides is 12. The molecule has 0 bridgehead atoms. The number of fused-ring (bicyclic) bond motifs is 2. The zero-order valence-corrected chi connectivity index (χ0v) is 61.1. The number of nitrogens with zero attached hydrogens (tertiary/aromatic N) is 2. The van der Waals surface area contributed by atoms with Crippen molar-refractivity contribution in [2.45, 2.75) is 319 Å². The Morgan fingerprint density at radius 1 is 0.350 bits per heavy atom. The van der Waals surface area contributed by atoms with E-state index in [0.717, 1.165) is 51.4 Å². The molecule has 0 unspecified atom stereocenters. The molecule has 3 aliphatic rings. The first kappa shape index (κ1) is 87.7. The van der Waals surface area contributed by atoms with Crippen molar-refractivity contribution in [1.82, 2.24) is 63.0 Å². The van der Waals surface area contributed by atoms with E-state index in [1.165, 1.54) is 61.2 Å². The van der Waals surface area contributed by atoms with E-state index < -0.39 is 120 Å². The highest BCUT2D eigenvalue weighted by atomic mass is 16.2. The third-order valence-electron chi connectivity index (χ3n) is 19.1. The predicted octanol–water partition coefficient (Wildman–Crippen LogP) is 3.27. The molecule has 3 aliphatic heterocycles. The normalized spacial score (nSPS) is 22.1. The molecule has 3 heterocycles. The zero-order valence-electron chi connectivity index (χ0n) is 61.1. The van der Waals surface area contributed by atoms with E-state index >= 15 is 0 Å². The minimum atomic E-state index is -1.25. The molecule has 18 N–H and O–H groups in total. The van der Waals surface area contributed by atoms with Crippen molar-refractivity contribution >= 4 is 70.9 Å². The number of hydrogen-bond acceptors (Lipinski definition) is 16. The summed E-state index contributed by atoms with van der Waals surface area (Å²) in [7, 11) is 0. The van der Waals surface area contributed by atoms with Crippen LogP contribution in [0.15, 0.2) is 0 Å². The van der Waals surface area contributed by atoms with Crippen molar-refractivity contribution in [2.75, 3.05) is 65.4 Å². The summed E-state index contributed by atoms with van der Waals surface area (Å²) in [4.78, 5) is 173. The van der Waals surface area contributed by atoms with Crippen LogP contribution < -0.4 is 76.1 Å². The van der Waals surface area contributed by atoms with E-state index in [1.54, 1.807) is 0 Å². The lowest BCUT2D eigenvalue weighted by Crippen LogP contribution is -2.59. The van der Waals surface area contributed by atoms with Crippen molar-refractivity contribution in [2.24, 2.45) is 22.9 Å². The monoisotopic (exact) mass is 1410 g/mol. The first-order valence-electron chi connectivity index (χ1n) is 38.7. The zero-order chi connectivity index (χ0) is 73.1. The highest BCUT2D eigenvalue weighted by molar-refractivity contribution is 5.99. The minimum Gasteiger partial charge on any atom is -0.356 e. The maximum absolute atomic E-state index is 14.8. The van der Waals surface area contributed by atoms with E-state index in [9.17, 15) is 57.5 Å². The van der Waals surface area contributed by atoms with Gasteiger partial charge in [-0.1, -0.05) is 104 Å². The Balaban J connectivity index is 2.01. The second-order valence-electron chi connectivity index (χ2n) is 27.6.